The number of nitrogens with one attached hydrogen (secondary N) is 1. The molecule has 1 unspecified atom stereocenters. The molecule has 3 rings (SSSR count). The zero-order valence-electron chi connectivity index (χ0n) is 16.2. The largest absolute Gasteiger partial charge is 0.481 e. The van der Waals surface area contributed by atoms with E-state index in [4.69, 9.17) is 5.11 Å². The maximum Gasteiger partial charge on any atom is 0.303 e. The summed E-state index contributed by atoms with van der Waals surface area (Å²) in [6.45, 7) is 4.29. The van der Waals surface area contributed by atoms with Crippen molar-refractivity contribution in [3.05, 3.63) is 46.8 Å². The Kier molecular flexibility index (Phi) is 5.48. The van der Waals surface area contributed by atoms with E-state index in [2.05, 4.69) is 10.4 Å². The molecular weight excluding hydrogens is 360 g/mol. The first-order chi connectivity index (χ1) is 13.3. The molecule has 28 heavy (non-hydrogen) atoms. The van der Waals surface area contributed by atoms with E-state index in [1.54, 1.807) is 40.9 Å². The molecule has 0 bridgehead atoms. The number of aryl methyl sites for hydroxylation is 1. The molecule has 0 radical (unpaired) electrons. The van der Waals surface area contributed by atoms with Crippen LogP contribution in [0.1, 0.15) is 40.2 Å². The van der Waals surface area contributed by atoms with Gasteiger partial charge in [0.25, 0.3) is 5.91 Å². The number of rotatable bonds is 6. The van der Waals surface area contributed by atoms with Crippen molar-refractivity contribution < 1.29 is 19.5 Å². The van der Waals surface area contributed by atoms with Crippen molar-refractivity contribution in [3.8, 4) is 5.69 Å². The number of carbonyl (C=O) groups is 3. The van der Waals surface area contributed by atoms with E-state index in [1.807, 2.05) is 13.8 Å². The Hall–Kier alpha value is -3.16. The Morgan fingerprint density at radius 3 is 2.50 bits per heavy atom. The van der Waals surface area contributed by atoms with Crippen LogP contribution in [0.3, 0.4) is 0 Å². The monoisotopic (exact) mass is 384 g/mol. The SMILES string of the molecule is Cc1nn(-c2ccc(C(=O)NC3CC(=O)N(C)C3)cc2)c(C)c1CCC(=O)O. The second-order valence-corrected chi connectivity index (χ2v) is 7.15. The smallest absolute Gasteiger partial charge is 0.303 e. The van der Waals surface area contributed by atoms with Crippen molar-refractivity contribution in [1.29, 1.82) is 0 Å². The van der Waals surface area contributed by atoms with Gasteiger partial charge in [0.15, 0.2) is 0 Å². The van der Waals surface area contributed by atoms with Crippen LogP contribution < -0.4 is 5.32 Å². The predicted molar refractivity (Wildman–Crippen MR) is 103 cm³/mol. The van der Waals surface area contributed by atoms with Gasteiger partial charge in [-0.05, 0) is 50.1 Å². The number of hydrogen-bond acceptors (Lipinski definition) is 4. The lowest BCUT2D eigenvalue weighted by atomic mass is 10.1. The van der Waals surface area contributed by atoms with Gasteiger partial charge in [0.2, 0.25) is 5.91 Å². The van der Waals surface area contributed by atoms with E-state index >= 15 is 0 Å². The summed E-state index contributed by atoms with van der Waals surface area (Å²) in [5, 5.41) is 16.3. The highest BCUT2D eigenvalue weighted by Crippen LogP contribution is 2.20. The van der Waals surface area contributed by atoms with Crippen LogP contribution in [0.5, 0.6) is 0 Å². The lowest BCUT2D eigenvalue weighted by molar-refractivity contribution is -0.137. The number of nitrogens with zero attached hydrogens (tertiary/aromatic N) is 3. The minimum absolute atomic E-state index is 0.0314. The Morgan fingerprint density at radius 1 is 1.25 bits per heavy atom. The van der Waals surface area contributed by atoms with Gasteiger partial charge in [0.05, 0.1) is 17.4 Å². The Labute approximate surface area is 163 Å². The number of likely N-dealkylation sites (tertiary alicyclic amines) is 1. The number of carbonyl (C=O) groups excluding carboxylic acids is 2. The molecule has 2 N–H and O–H groups in total. The molecule has 1 aliphatic rings. The summed E-state index contributed by atoms with van der Waals surface area (Å²) in [4.78, 5) is 36.5. The van der Waals surface area contributed by atoms with Gasteiger partial charge in [-0.25, -0.2) is 4.68 Å². The van der Waals surface area contributed by atoms with Gasteiger partial charge >= 0.3 is 5.97 Å². The third-order valence-corrected chi connectivity index (χ3v) is 5.08. The van der Waals surface area contributed by atoms with Crippen molar-refractivity contribution in [3.63, 3.8) is 0 Å². The lowest BCUT2D eigenvalue weighted by Crippen LogP contribution is -2.36. The minimum Gasteiger partial charge on any atom is -0.481 e. The number of aliphatic carboxylic acids is 1. The van der Waals surface area contributed by atoms with Crippen LogP contribution in [0.2, 0.25) is 0 Å². The van der Waals surface area contributed by atoms with Gasteiger partial charge in [0.1, 0.15) is 0 Å². The molecule has 2 aromatic rings. The average molecular weight is 384 g/mol. The molecule has 0 saturated carbocycles. The van der Waals surface area contributed by atoms with Crippen LogP contribution in [0.4, 0.5) is 0 Å². The maximum atomic E-state index is 12.4. The molecule has 1 fully saturated rings. The van der Waals surface area contributed by atoms with Crippen molar-refractivity contribution in [2.45, 2.75) is 39.2 Å². The minimum atomic E-state index is -0.836. The molecule has 1 atom stereocenters. The normalized spacial score (nSPS) is 16.5. The van der Waals surface area contributed by atoms with Crippen LogP contribution >= 0.6 is 0 Å². The Morgan fingerprint density at radius 2 is 1.93 bits per heavy atom. The first-order valence-electron chi connectivity index (χ1n) is 9.18. The molecule has 8 heteroatoms. The molecule has 1 aromatic heterocycles. The second kappa shape index (κ2) is 7.84. The van der Waals surface area contributed by atoms with Gasteiger partial charge in [-0.15, -0.1) is 0 Å². The number of aromatic nitrogens is 2. The summed E-state index contributed by atoms with van der Waals surface area (Å²) in [5.41, 5.74) is 3.94. The van der Waals surface area contributed by atoms with E-state index in [0.717, 1.165) is 22.6 Å². The van der Waals surface area contributed by atoms with Gasteiger partial charge < -0.3 is 15.3 Å². The van der Waals surface area contributed by atoms with E-state index in [1.165, 1.54) is 0 Å². The molecular formula is C20H24N4O4. The second-order valence-electron chi connectivity index (χ2n) is 7.15. The highest BCUT2D eigenvalue weighted by molar-refractivity contribution is 5.95. The van der Waals surface area contributed by atoms with Crippen molar-refractivity contribution >= 4 is 17.8 Å². The molecule has 0 spiro atoms. The quantitative estimate of drug-likeness (QED) is 0.785. The van der Waals surface area contributed by atoms with Crippen LogP contribution in [0, 0.1) is 13.8 Å². The molecule has 1 aliphatic heterocycles. The van der Waals surface area contributed by atoms with Crippen LogP contribution in [0.25, 0.3) is 5.69 Å². The van der Waals surface area contributed by atoms with Crippen molar-refractivity contribution in [2.75, 3.05) is 13.6 Å². The number of carboxylic acid groups (broad SMARTS) is 1. The van der Waals surface area contributed by atoms with Crippen LogP contribution in [-0.2, 0) is 16.0 Å². The fraction of sp³-hybridized carbons (Fsp3) is 0.400. The zero-order valence-corrected chi connectivity index (χ0v) is 16.2. The molecule has 1 aromatic carbocycles. The maximum absolute atomic E-state index is 12.4. The summed E-state index contributed by atoms with van der Waals surface area (Å²) < 4.78 is 1.76. The van der Waals surface area contributed by atoms with E-state index < -0.39 is 5.97 Å². The lowest BCUT2D eigenvalue weighted by Gasteiger charge is -2.13. The number of benzene rings is 1. The third kappa shape index (κ3) is 4.05. The summed E-state index contributed by atoms with van der Waals surface area (Å²) in [6, 6.07) is 6.89. The van der Waals surface area contributed by atoms with Crippen LogP contribution in [0.15, 0.2) is 24.3 Å². The van der Waals surface area contributed by atoms with E-state index in [9.17, 15) is 14.4 Å². The van der Waals surface area contributed by atoms with Crippen LogP contribution in [-0.4, -0.2) is 57.2 Å². The standard InChI is InChI=1S/C20H24N4O4/c1-12-17(8-9-19(26)27)13(2)24(22-12)16-6-4-14(5-7-16)20(28)21-15-10-18(25)23(3)11-15/h4-7,15H,8-11H2,1-3H3,(H,21,28)(H,26,27). The van der Waals surface area contributed by atoms with Gasteiger partial charge in [0, 0.05) is 37.7 Å². The van der Waals surface area contributed by atoms with Gasteiger partial charge in [-0.2, -0.15) is 5.10 Å². The van der Waals surface area contributed by atoms with Crippen molar-refractivity contribution in [1.82, 2.24) is 20.0 Å². The van der Waals surface area contributed by atoms with E-state index in [0.29, 0.717) is 24.9 Å². The number of amides is 2. The zero-order chi connectivity index (χ0) is 20.4. The Bertz CT molecular complexity index is 917. The van der Waals surface area contributed by atoms with E-state index in [-0.39, 0.29) is 24.3 Å². The molecule has 0 aliphatic carbocycles. The fourth-order valence-electron chi connectivity index (χ4n) is 3.50. The molecule has 148 valence electrons. The first-order valence-corrected chi connectivity index (χ1v) is 9.18. The summed E-state index contributed by atoms with van der Waals surface area (Å²) in [6.07, 6.45) is 0.818. The summed E-state index contributed by atoms with van der Waals surface area (Å²) >= 11 is 0. The third-order valence-electron chi connectivity index (χ3n) is 5.08. The fourth-order valence-corrected chi connectivity index (χ4v) is 3.50. The molecule has 1 saturated heterocycles. The van der Waals surface area contributed by atoms with Gasteiger partial charge in [-0.3, -0.25) is 14.4 Å². The number of likely N-dealkylation sites (N-methyl/N-ethyl adjacent to an activating group) is 1. The average Bonchev–Trinajstić information content (AvgIpc) is 3.11. The summed E-state index contributed by atoms with van der Waals surface area (Å²) in [7, 11) is 1.72. The number of carboxylic acids is 1. The predicted octanol–water partition coefficient (Wildman–Crippen LogP) is 1.47. The highest BCUT2D eigenvalue weighted by Gasteiger charge is 2.28. The van der Waals surface area contributed by atoms with Crippen molar-refractivity contribution in [2.24, 2.45) is 0 Å². The molecule has 2 amide bonds. The molecule has 8 nitrogen and oxygen atoms in total. The molecule has 2 heterocycles. The summed E-state index contributed by atoms with van der Waals surface area (Å²) in [5.74, 6) is -1.02. The first kappa shape index (κ1) is 19.6. The van der Waals surface area contributed by atoms with Gasteiger partial charge in [-0.1, -0.05) is 0 Å². The topological polar surface area (TPSA) is 105 Å². The highest BCUT2D eigenvalue weighted by atomic mass is 16.4. The number of hydrogen-bond donors (Lipinski definition) is 2. The Balaban J connectivity index is 1.72.